The van der Waals surface area contributed by atoms with Gasteiger partial charge in [-0.1, -0.05) is 12.1 Å². The summed E-state index contributed by atoms with van der Waals surface area (Å²) in [4.78, 5) is 10.3. The summed E-state index contributed by atoms with van der Waals surface area (Å²) in [6, 6.07) is 6.56. The van der Waals surface area contributed by atoms with Gasteiger partial charge in [-0.05, 0) is 17.7 Å². The number of amides is 2. The highest BCUT2D eigenvalue weighted by Gasteiger charge is 1.92. The van der Waals surface area contributed by atoms with Crippen LogP contribution in [0.15, 0.2) is 29.4 Å². The molecule has 0 saturated heterocycles. The maximum absolute atomic E-state index is 10.3. The van der Waals surface area contributed by atoms with Crippen molar-refractivity contribution in [3.63, 3.8) is 0 Å². The number of ether oxygens (including phenoxy) is 1. The van der Waals surface area contributed by atoms with Gasteiger partial charge in [0, 0.05) is 0 Å². The topological polar surface area (TPSA) is 76.7 Å². The minimum Gasteiger partial charge on any atom is -0.497 e. The van der Waals surface area contributed by atoms with E-state index in [4.69, 9.17) is 10.5 Å². The number of urea groups is 1. The van der Waals surface area contributed by atoms with Crippen molar-refractivity contribution in [1.29, 1.82) is 0 Å². The van der Waals surface area contributed by atoms with Gasteiger partial charge in [-0.15, -0.1) is 0 Å². The fourth-order valence-corrected chi connectivity index (χ4v) is 0.892. The molecule has 1 aromatic carbocycles. The molecule has 0 aliphatic carbocycles. The van der Waals surface area contributed by atoms with Gasteiger partial charge in [0.15, 0.2) is 0 Å². The van der Waals surface area contributed by atoms with Gasteiger partial charge in [0.05, 0.1) is 13.3 Å². The van der Waals surface area contributed by atoms with E-state index in [9.17, 15) is 4.79 Å². The van der Waals surface area contributed by atoms with E-state index in [1.165, 1.54) is 6.21 Å². The second kappa shape index (κ2) is 4.86. The van der Waals surface area contributed by atoms with Crippen LogP contribution in [-0.4, -0.2) is 19.4 Å². The standard InChI is InChI=1S/C9H11N3O2/c1-14-8-4-2-3-7(5-8)6-11-12-9(10)13/h2-6H,1H3,(H3,10,12,13). The highest BCUT2D eigenvalue weighted by molar-refractivity contribution is 5.81. The smallest absolute Gasteiger partial charge is 0.332 e. The second-order valence-electron chi connectivity index (χ2n) is 2.51. The fourth-order valence-electron chi connectivity index (χ4n) is 0.892. The predicted molar refractivity (Wildman–Crippen MR) is 53.3 cm³/mol. The number of hydrazone groups is 1. The summed E-state index contributed by atoms with van der Waals surface area (Å²) in [7, 11) is 1.58. The minimum absolute atomic E-state index is 0.691. The number of rotatable bonds is 3. The molecule has 0 aliphatic rings. The third-order valence-corrected chi connectivity index (χ3v) is 1.48. The van der Waals surface area contributed by atoms with Gasteiger partial charge in [0.2, 0.25) is 0 Å². The average molecular weight is 193 g/mol. The Kier molecular flexibility index (Phi) is 3.49. The predicted octanol–water partition coefficient (Wildman–Crippen LogP) is 0.697. The first-order valence-electron chi connectivity index (χ1n) is 3.95. The van der Waals surface area contributed by atoms with Crippen molar-refractivity contribution >= 4 is 12.2 Å². The zero-order valence-electron chi connectivity index (χ0n) is 7.73. The Hall–Kier alpha value is -2.04. The summed E-state index contributed by atoms with van der Waals surface area (Å²) in [6.45, 7) is 0. The van der Waals surface area contributed by atoms with Crippen LogP contribution in [0, 0.1) is 0 Å². The van der Waals surface area contributed by atoms with Crippen molar-refractivity contribution < 1.29 is 9.53 Å². The first kappa shape index (κ1) is 10.0. The Balaban J connectivity index is 2.66. The molecule has 5 heteroatoms. The number of carbonyl (C=O) groups is 1. The molecule has 0 bridgehead atoms. The first-order valence-corrected chi connectivity index (χ1v) is 3.95. The number of hydrogen-bond acceptors (Lipinski definition) is 3. The van der Waals surface area contributed by atoms with E-state index in [0.29, 0.717) is 0 Å². The Morgan fingerprint density at radius 1 is 1.64 bits per heavy atom. The van der Waals surface area contributed by atoms with Gasteiger partial charge in [-0.3, -0.25) is 0 Å². The molecule has 0 aromatic heterocycles. The third-order valence-electron chi connectivity index (χ3n) is 1.48. The van der Waals surface area contributed by atoms with Crippen LogP contribution in [0.25, 0.3) is 0 Å². The van der Waals surface area contributed by atoms with Crippen molar-refractivity contribution in [3.05, 3.63) is 29.8 Å². The number of nitrogens with zero attached hydrogens (tertiary/aromatic N) is 1. The maximum Gasteiger partial charge on any atom is 0.332 e. The molecule has 0 spiro atoms. The van der Waals surface area contributed by atoms with Crippen LogP contribution in [0.4, 0.5) is 4.79 Å². The monoisotopic (exact) mass is 193 g/mol. The first-order chi connectivity index (χ1) is 6.72. The fraction of sp³-hybridized carbons (Fsp3) is 0.111. The van der Waals surface area contributed by atoms with Crippen molar-refractivity contribution in [2.24, 2.45) is 10.8 Å². The number of carbonyl (C=O) groups excluding carboxylic acids is 1. The Labute approximate surface area is 81.6 Å². The molecule has 2 amide bonds. The lowest BCUT2D eigenvalue weighted by molar-refractivity contribution is 0.249. The number of benzene rings is 1. The van der Waals surface area contributed by atoms with Crippen LogP contribution >= 0.6 is 0 Å². The highest BCUT2D eigenvalue weighted by atomic mass is 16.5. The Bertz CT molecular complexity index is 350. The van der Waals surface area contributed by atoms with E-state index in [1.54, 1.807) is 13.2 Å². The van der Waals surface area contributed by atoms with Gasteiger partial charge in [0.25, 0.3) is 0 Å². The molecule has 14 heavy (non-hydrogen) atoms. The molecule has 3 N–H and O–H groups in total. The number of nitrogens with one attached hydrogen (secondary N) is 1. The van der Waals surface area contributed by atoms with Crippen LogP contribution in [0.1, 0.15) is 5.56 Å². The lowest BCUT2D eigenvalue weighted by Gasteiger charge is -1.99. The highest BCUT2D eigenvalue weighted by Crippen LogP contribution is 2.10. The quantitative estimate of drug-likeness (QED) is 0.547. The van der Waals surface area contributed by atoms with Gasteiger partial charge >= 0.3 is 6.03 Å². The largest absolute Gasteiger partial charge is 0.497 e. The van der Waals surface area contributed by atoms with Crippen molar-refractivity contribution in [2.45, 2.75) is 0 Å². The Morgan fingerprint density at radius 3 is 3.07 bits per heavy atom. The van der Waals surface area contributed by atoms with Crippen molar-refractivity contribution in [1.82, 2.24) is 5.43 Å². The van der Waals surface area contributed by atoms with E-state index < -0.39 is 6.03 Å². The molecule has 0 heterocycles. The molecule has 74 valence electrons. The molecular weight excluding hydrogens is 182 g/mol. The number of methoxy groups -OCH3 is 1. The molecule has 0 unspecified atom stereocenters. The SMILES string of the molecule is COc1cccc(C=NNC(N)=O)c1. The molecule has 0 radical (unpaired) electrons. The molecular formula is C9H11N3O2. The average Bonchev–Trinajstić information content (AvgIpc) is 2.18. The van der Waals surface area contributed by atoms with Crippen LogP contribution in [0.3, 0.4) is 0 Å². The molecule has 5 nitrogen and oxygen atoms in total. The summed E-state index contributed by atoms with van der Waals surface area (Å²) in [5.41, 5.74) is 7.74. The van der Waals surface area contributed by atoms with Crippen LogP contribution in [0.2, 0.25) is 0 Å². The summed E-state index contributed by atoms with van der Waals surface area (Å²) < 4.78 is 5.01. The van der Waals surface area contributed by atoms with E-state index in [1.807, 2.05) is 18.2 Å². The van der Waals surface area contributed by atoms with E-state index in [2.05, 4.69) is 10.5 Å². The zero-order valence-corrected chi connectivity index (χ0v) is 7.73. The summed E-state index contributed by atoms with van der Waals surface area (Å²) in [6.07, 6.45) is 1.48. The van der Waals surface area contributed by atoms with E-state index >= 15 is 0 Å². The summed E-state index contributed by atoms with van der Waals surface area (Å²) in [5.74, 6) is 0.730. The maximum atomic E-state index is 10.3. The molecule has 1 rings (SSSR count). The lowest BCUT2D eigenvalue weighted by Crippen LogP contribution is -2.24. The van der Waals surface area contributed by atoms with Gasteiger partial charge in [-0.2, -0.15) is 5.10 Å². The molecule has 0 atom stereocenters. The lowest BCUT2D eigenvalue weighted by atomic mass is 10.2. The molecule has 0 aliphatic heterocycles. The van der Waals surface area contributed by atoms with Crippen LogP contribution in [0.5, 0.6) is 5.75 Å². The van der Waals surface area contributed by atoms with Gasteiger partial charge < -0.3 is 10.5 Å². The summed E-state index contributed by atoms with van der Waals surface area (Å²) >= 11 is 0. The molecule has 0 fully saturated rings. The minimum atomic E-state index is -0.691. The molecule has 0 saturated carbocycles. The normalized spacial score (nSPS) is 10.1. The van der Waals surface area contributed by atoms with Gasteiger partial charge in [0.1, 0.15) is 5.75 Å². The third kappa shape index (κ3) is 3.14. The number of nitrogens with two attached hydrogens (primary N) is 1. The van der Waals surface area contributed by atoms with Crippen molar-refractivity contribution in [3.8, 4) is 5.75 Å². The second-order valence-corrected chi connectivity index (χ2v) is 2.51. The van der Waals surface area contributed by atoms with E-state index in [0.717, 1.165) is 11.3 Å². The number of primary amides is 1. The van der Waals surface area contributed by atoms with Crippen LogP contribution in [-0.2, 0) is 0 Å². The van der Waals surface area contributed by atoms with Gasteiger partial charge in [-0.25, -0.2) is 10.2 Å². The zero-order chi connectivity index (χ0) is 10.4. The number of hydrogen-bond donors (Lipinski definition) is 2. The van der Waals surface area contributed by atoms with Crippen molar-refractivity contribution in [2.75, 3.05) is 7.11 Å². The van der Waals surface area contributed by atoms with Crippen LogP contribution < -0.4 is 15.9 Å². The van der Waals surface area contributed by atoms with E-state index in [-0.39, 0.29) is 0 Å². The Morgan fingerprint density at radius 2 is 2.43 bits per heavy atom. The molecule has 1 aromatic rings. The summed E-state index contributed by atoms with van der Waals surface area (Å²) in [5, 5.41) is 3.61.